The van der Waals surface area contributed by atoms with Gasteiger partial charge in [-0.25, -0.2) is 9.78 Å². The number of carboxylic acid groups (broad SMARTS) is 1. The highest BCUT2D eigenvalue weighted by Gasteiger charge is 2.25. The van der Waals surface area contributed by atoms with E-state index in [1.165, 1.54) is 35.0 Å². The first-order valence-corrected chi connectivity index (χ1v) is 9.81. The van der Waals surface area contributed by atoms with Crippen LogP contribution in [0.15, 0.2) is 36.5 Å². The number of fused-ring (bicyclic) bond motifs is 1. The zero-order valence-electron chi connectivity index (χ0n) is 16.8. The molecule has 10 nitrogen and oxygen atoms in total. The third-order valence-electron chi connectivity index (χ3n) is 5.47. The zero-order chi connectivity index (χ0) is 22.1. The molecule has 0 atom stereocenters. The van der Waals surface area contributed by atoms with Gasteiger partial charge >= 0.3 is 5.97 Å². The zero-order valence-corrected chi connectivity index (χ0v) is 16.8. The van der Waals surface area contributed by atoms with Gasteiger partial charge in [0.2, 0.25) is 11.8 Å². The molecule has 2 aromatic heterocycles. The van der Waals surface area contributed by atoms with Crippen LogP contribution in [0.2, 0.25) is 0 Å². The van der Waals surface area contributed by atoms with Crippen molar-refractivity contribution >= 4 is 29.1 Å². The lowest BCUT2D eigenvalue weighted by Gasteiger charge is -2.31. The molecule has 3 heterocycles. The quantitative estimate of drug-likeness (QED) is 0.584. The van der Waals surface area contributed by atoms with E-state index in [0.29, 0.717) is 37.3 Å². The Morgan fingerprint density at radius 1 is 1.13 bits per heavy atom. The van der Waals surface area contributed by atoms with E-state index in [4.69, 9.17) is 5.11 Å². The van der Waals surface area contributed by atoms with Crippen LogP contribution in [0.25, 0.3) is 5.65 Å². The average molecular weight is 423 g/mol. The van der Waals surface area contributed by atoms with Gasteiger partial charge in [-0.1, -0.05) is 0 Å². The monoisotopic (exact) mass is 423 g/mol. The number of anilines is 1. The van der Waals surface area contributed by atoms with Gasteiger partial charge in [0.25, 0.3) is 5.91 Å². The lowest BCUT2D eigenvalue weighted by Crippen LogP contribution is -2.36. The molecule has 1 aliphatic heterocycles. The number of aromatic nitrogens is 3. The van der Waals surface area contributed by atoms with Crippen LogP contribution in [-0.4, -0.2) is 60.6 Å². The fourth-order valence-corrected chi connectivity index (χ4v) is 3.72. The second-order valence-electron chi connectivity index (χ2n) is 7.45. The number of hydrogen-bond donors (Lipinski definition) is 3. The topological polar surface area (TPSA) is 137 Å². The summed E-state index contributed by atoms with van der Waals surface area (Å²) in [5, 5.41) is 26.1. The molecule has 3 N–H and O–H groups in total. The highest BCUT2D eigenvalue weighted by Crippen LogP contribution is 2.30. The number of hydrogen-bond acceptors (Lipinski definition) is 6. The maximum absolute atomic E-state index is 12.8. The van der Waals surface area contributed by atoms with Gasteiger partial charge in [0, 0.05) is 37.7 Å². The molecule has 31 heavy (non-hydrogen) atoms. The van der Waals surface area contributed by atoms with Crippen molar-refractivity contribution in [3.63, 3.8) is 0 Å². The lowest BCUT2D eigenvalue weighted by atomic mass is 9.93. The molecule has 0 saturated carbocycles. The van der Waals surface area contributed by atoms with Crippen molar-refractivity contribution in [3.8, 4) is 5.88 Å². The van der Waals surface area contributed by atoms with Crippen LogP contribution >= 0.6 is 0 Å². The molecule has 2 amide bonds. The first-order valence-electron chi connectivity index (χ1n) is 9.81. The standard InChI is InChI=1S/C21H21N5O5/c1-12(27)25-8-6-13(7-9-25)17-10-18(28)26-19(24-17)16(11-22-26)20(29)23-15-4-2-14(3-5-15)21(30)31/h2-5,10-11,13,28H,6-9H2,1H3,(H,23,29)(H,30,31). The summed E-state index contributed by atoms with van der Waals surface area (Å²) in [7, 11) is 0. The van der Waals surface area contributed by atoms with Crippen LogP contribution in [0.1, 0.15) is 52.1 Å². The fraction of sp³-hybridized carbons (Fsp3) is 0.286. The van der Waals surface area contributed by atoms with Crippen LogP contribution in [0.4, 0.5) is 5.69 Å². The smallest absolute Gasteiger partial charge is 0.335 e. The van der Waals surface area contributed by atoms with Crippen molar-refractivity contribution in [1.82, 2.24) is 19.5 Å². The number of rotatable bonds is 4. The third kappa shape index (κ3) is 4.04. The predicted molar refractivity (Wildman–Crippen MR) is 110 cm³/mol. The molecule has 0 aliphatic carbocycles. The highest BCUT2D eigenvalue weighted by molar-refractivity contribution is 6.08. The first-order chi connectivity index (χ1) is 14.8. The number of benzene rings is 1. The van der Waals surface area contributed by atoms with E-state index in [1.807, 2.05) is 0 Å². The Morgan fingerprint density at radius 2 is 1.81 bits per heavy atom. The van der Waals surface area contributed by atoms with Crippen molar-refractivity contribution in [3.05, 3.63) is 53.3 Å². The minimum atomic E-state index is -1.05. The number of carbonyl (C=O) groups excluding carboxylic acids is 2. The first kappa shape index (κ1) is 20.3. The van der Waals surface area contributed by atoms with E-state index in [9.17, 15) is 19.5 Å². The Kier molecular flexibility index (Phi) is 5.28. The van der Waals surface area contributed by atoms with Gasteiger partial charge in [-0.3, -0.25) is 9.59 Å². The normalized spacial score (nSPS) is 14.5. The van der Waals surface area contributed by atoms with Crippen molar-refractivity contribution in [2.45, 2.75) is 25.7 Å². The number of aromatic hydroxyl groups is 1. The Hall–Kier alpha value is -3.95. The number of nitrogens with zero attached hydrogens (tertiary/aromatic N) is 4. The minimum absolute atomic E-state index is 0.0378. The Balaban J connectivity index is 1.58. The number of aromatic carboxylic acids is 1. The molecule has 0 bridgehead atoms. The van der Waals surface area contributed by atoms with Gasteiger partial charge in [-0.15, -0.1) is 0 Å². The summed E-state index contributed by atoms with van der Waals surface area (Å²) in [6.07, 6.45) is 2.76. The summed E-state index contributed by atoms with van der Waals surface area (Å²) in [5.41, 5.74) is 1.59. The van der Waals surface area contributed by atoms with E-state index in [2.05, 4.69) is 15.4 Å². The molecule has 10 heteroatoms. The number of carboxylic acids is 1. The minimum Gasteiger partial charge on any atom is -0.493 e. The van der Waals surface area contributed by atoms with Gasteiger partial charge in [0.1, 0.15) is 5.56 Å². The number of amides is 2. The van der Waals surface area contributed by atoms with E-state index < -0.39 is 11.9 Å². The van der Waals surface area contributed by atoms with Gasteiger partial charge in [0.05, 0.1) is 17.5 Å². The van der Waals surface area contributed by atoms with Crippen LogP contribution in [0, 0.1) is 0 Å². The summed E-state index contributed by atoms with van der Waals surface area (Å²) in [5.74, 6) is -1.56. The van der Waals surface area contributed by atoms with E-state index in [0.717, 1.165) is 0 Å². The van der Waals surface area contributed by atoms with Gasteiger partial charge in [-0.05, 0) is 37.1 Å². The van der Waals surface area contributed by atoms with E-state index in [1.54, 1.807) is 17.9 Å². The molecular weight excluding hydrogens is 402 g/mol. The number of likely N-dealkylation sites (tertiary alicyclic amines) is 1. The number of piperidine rings is 1. The van der Waals surface area contributed by atoms with Gasteiger partial charge < -0.3 is 20.4 Å². The molecule has 1 aromatic carbocycles. The maximum atomic E-state index is 12.8. The van der Waals surface area contributed by atoms with Crippen molar-refractivity contribution < 1.29 is 24.6 Å². The van der Waals surface area contributed by atoms with Crippen LogP contribution in [-0.2, 0) is 4.79 Å². The third-order valence-corrected chi connectivity index (χ3v) is 5.47. The van der Waals surface area contributed by atoms with Gasteiger partial charge in [-0.2, -0.15) is 9.61 Å². The summed E-state index contributed by atoms with van der Waals surface area (Å²) in [6, 6.07) is 7.31. The molecule has 0 unspecified atom stereocenters. The molecule has 0 spiro atoms. The largest absolute Gasteiger partial charge is 0.493 e. The van der Waals surface area contributed by atoms with Crippen LogP contribution in [0.5, 0.6) is 5.88 Å². The molecule has 1 fully saturated rings. The van der Waals surface area contributed by atoms with Crippen molar-refractivity contribution in [2.75, 3.05) is 18.4 Å². The summed E-state index contributed by atoms with van der Waals surface area (Å²) in [4.78, 5) is 41.7. The summed E-state index contributed by atoms with van der Waals surface area (Å²) >= 11 is 0. The molecule has 1 saturated heterocycles. The second-order valence-corrected chi connectivity index (χ2v) is 7.45. The Morgan fingerprint density at radius 3 is 2.42 bits per heavy atom. The molecular formula is C21H21N5O5. The Bertz CT molecular complexity index is 1160. The maximum Gasteiger partial charge on any atom is 0.335 e. The van der Waals surface area contributed by atoms with Crippen LogP contribution < -0.4 is 5.32 Å². The molecule has 4 rings (SSSR count). The molecule has 3 aromatic rings. The van der Waals surface area contributed by atoms with E-state index in [-0.39, 0.29) is 34.5 Å². The number of carbonyl (C=O) groups is 3. The fourth-order valence-electron chi connectivity index (χ4n) is 3.72. The van der Waals surface area contributed by atoms with Crippen molar-refractivity contribution in [1.29, 1.82) is 0 Å². The molecule has 0 radical (unpaired) electrons. The predicted octanol–water partition coefficient (Wildman–Crippen LogP) is 2.11. The Labute approximate surface area is 177 Å². The summed E-state index contributed by atoms with van der Waals surface area (Å²) in [6.45, 7) is 2.78. The molecule has 160 valence electrons. The van der Waals surface area contributed by atoms with Crippen LogP contribution in [0.3, 0.4) is 0 Å². The summed E-state index contributed by atoms with van der Waals surface area (Å²) < 4.78 is 1.19. The molecule has 1 aliphatic rings. The number of nitrogens with one attached hydrogen (secondary N) is 1. The van der Waals surface area contributed by atoms with E-state index >= 15 is 0 Å². The average Bonchev–Trinajstić information content (AvgIpc) is 3.19. The second kappa shape index (κ2) is 8.05. The SMILES string of the molecule is CC(=O)N1CCC(c2cc(O)n3ncc(C(=O)Nc4ccc(C(=O)O)cc4)c3n2)CC1. The van der Waals surface area contributed by atoms with Gasteiger partial charge in [0.15, 0.2) is 5.65 Å². The lowest BCUT2D eigenvalue weighted by molar-refractivity contribution is -0.129. The van der Waals surface area contributed by atoms with Crippen molar-refractivity contribution in [2.24, 2.45) is 0 Å². The highest BCUT2D eigenvalue weighted by atomic mass is 16.4.